The summed E-state index contributed by atoms with van der Waals surface area (Å²) < 4.78 is 0. The van der Waals surface area contributed by atoms with Gasteiger partial charge >= 0.3 is 0 Å². The molecular weight excluding hydrogens is 262 g/mol. The molecule has 2 rings (SSSR count). The highest BCUT2D eigenvalue weighted by Gasteiger charge is 2.15. The summed E-state index contributed by atoms with van der Waals surface area (Å²) in [7, 11) is 4.14. The third kappa shape index (κ3) is 4.04. The first-order valence-corrected chi connectivity index (χ1v) is 7.39. The van der Waals surface area contributed by atoms with Crippen LogP contribution in [0.1, 0.15) is 13.8 Å². The van der Waals surface area contributed by atoms with Crippen molar-refractivity contribution in [1.82, 2.24) is 14.9 Å². The van der Waals surface area contributed by atoms with Crippen molar-refractivity contribution < 1.29 is 0 Å². The zero-order valence-corrected chi connectivity index (χ0v) is 13.4. The Balaban J connectivity index is 2.35. The van der Waals surface area contributed by atoms with Gasteiger partial charge in [0.05, 0.1) is 11.0 Å². The van der Waals surface area contributed by atoms with E-state index in [1.165, 1.54) is 0 Å². The fourth-order valence-electron chi connectivity index (χ4n) is 2.28. The van der Waals surface area contributed by atoms with Crippen LogP contribution in [0.2, 0.25) is 0 Å². The minimum atomic E-state index is 0.508. The third-order valence-corrected chi connectivity index (χ3v) is 3.28. The number of para-hydroxylation sites is 2. The maximum Gasteiger partial charge on any atom is 0.172 e. The molecule has 0 saturated heterocycles. The molecule has 0 saturated carbocycles. The van der Waals surface area contributed by atoms with Crippen molar-refractivity contribution in [3.8, 4) is 0 Å². The molecule has 2 N–H and O–H groups in total. The third-order valence-electron chi connectivity index (χ3n) is 3.28. The summed E-state index contributed by atoms with van der Waals surface area (Å²) in [5.74, 6) is 1.84. The van der Waals surface area contributed by atoms with E-state index < -0.39 is 0 Å². The quantitative estimate of drug-likeness (QED) is 0.883. The number of nitrogens with zero attached hydrogens (tertiary/aromatic N) is 4. The molecule has 0 aliphatic carbocycles. The molecule has 0 amide bonds. The normalized spacial score (nSPS) is 11.5. The lowest BCUT2D eigenvalue weighted by Crippen LogP contribution is -2.35. The highest BCUT2D eigenvalue weighted by molar-refractivity contribution is 5.79. The molecule has 1 aromatic heterocycles. The van der Waals surface area contributed by atoms with Crippen LogP contribution < -0.4 is 10.6 Å². The fourth-order valence-corrected chi connectivity index (χ4v) is 2.28. The molecule has 5 heteroatoms. The minimum Gasteiger partial charge on any atom is -0.381 e. The average molecular weight is 287 g/mol. The number of nitrogen functional groups attached to an aromatic ring is 1. The molecule has 21 heavy (non-hydrogen) atoms. The molecular formula is C16H25N5. The van der Waals surface area contributed by atoms with Crippen molar-refractivity contribution >= 4 is 22.7 Å². The van der Waals surface area contributed by atoms with Gasteiger partial charge in [-0.15, -0.1) is 0 Å². The number of anilines is 2. The smallest absolute Gasteiger partial charge is 0.172 e. The van der Waals surface area contributed by atoms with Crippen LogP contribution in [0.3, 0.4) is 0 Å². The van der Waals surface area contributed by atoms with Gasteiger partial charge in [-0.2, -0.15) is 0 Å². The summed E-state index contributed by atoms with van der Waals surface area (Å²) in [5, 5.41) is 0. The molecule has 114 valence electrons. The van der Waals surface area contributed by atoms with Crippen LogP contribution in [0.4, 0.5) is 11.6 Å². The Kier molecular flexibility index (Phi) is 4.96. The number of likely N-dealkylation sites (N-methyl/N-ethyl adjacent to an activating group) is 1. The lowest BCUT2D eigenvalue weighted by Gasteiger charge is -2.27. The van der Waals surface area contributed by atoms with Crippen molar-refractivity contribution in [3.05, 3.63) is 24.3 Å². The maximum absolute atomic E-state index is 6.14. The maximum atomic E-state index is 6.14. The van der Waals surface area contributed by atoms with Gasteiger partial charge in [0.15, 0.2) is 11.6 Å². The first-order valence-electron chi connectivity index (χ1n) is 7.39. The Bertz CT molecular complexity index is 594. The van der Waals surface area contributed by atoms with Crippen molar-refractivity contribution in [3.63, 3.8) is 0 Å². The number of fused-ring (bicyclic) bond motifs is 1. The van der Waals surface area contributed by atoms with E-state index in [2.05, 4.69) is 42.7 Å². The van der Waals surface area contributed by atoms with Gasteiger partial charge in [-0.3, -0.25) is 0 Å². The van der Waals surface area contributed by atoms with E-state index in [-0.39, 0.29) is 0 Å². The van der Waals surface area contributed by atoms with Crippen molar-refractivity contribution in [1.29, 1.82) is 0 Å². The van der Waals surface area contributed by atoms with Gasteiger partial charge < -0.3 is 15.5 Å². The van der Waals surface area contributed by atoms with E-state index in [4.69, 9.17) is 10.7 Å². The zero-order valence-electron chi connectivity index (χ0n) is 13.4. The molecule has 1 aromatic carbocycles. The summed E-state index contributed by atoms with van der Waals surface area (Å²) in [4.78, 5) is 13.6. The summed E-state index contributed by atoms with van der Waals surface area (Å²) in [6.45, 7) is 7.18. The van der Waals surface area contributed by atoms with Gasteiger partial charge in [0.1, 0.15) is 0 Å². The largest absolute Gasteiger partial charge is 0.381 e. The van der Waals surface area contributed by atoms with E-state index in [1.54, 1.807) is 0 Å². The van der Waals surface area contributed by atoms with Crippen LogP contribution in [-0.2, 0) is 0 Å². The lowest BCUT2D eigenvalue weighted by atomic mass is 10.2. The molecule has 0 aliphatic heterocycles. The molecule has 0 atom stereocenters. The predicted octanol–water partition coefficient (Wildman–Crippen LogP) is 2.24. The van der Waals surface area contributed by atoms with E-state index in [1.807, 2.05) is 24.3 Å². The number of aromatic nitrogens is 2. The Morgan fingerprint density at radius 1 is 1.05 bits per heavy atom. The van der Waals surface area contributed by atoms with Gasteiger partial charge in [0.25, 0.3) is 0 Å². The van der Waals surface area contributed by atoms with Crippen LogP contribution in [0.15, 0.2) is 24.3 Å². The second-order valence-corrected chi connectivity index (χ2v) is 6.06. The fraction of sp³-hybridized carbons (Fsp3) is 0.500. The van der Waals surface area contributed by atoms with Gasteiger partial charge in [0, 0.05) is 19.6 Å². The predicted molar refractivity (Wildman–Crippen MR) is 89.6 cm³/mol. The van der Waals surface area contributed by atoms with Gasteiger partial charge in [-0.05, 0) is 32.1 Å². The van der Waals surface area contributed by atoms with Crippen LogP contribution in [-0.4, -0.2) is 48.6 Å². The lowest BCUT2D eigenvalue weighted by molar-refractivity contribution is 0.408. The van der Waals surface area contributed by atoms with Crippen LogP contribution in [0.25, 0.3) is 11.0 Å². The molecule has 2 aromatic rings. The first-order chi connectivity index (χ1) is 9.97. The Morgan fingerprint density at radius 3 is 2.24 bits per heavy atom. The monoisotopic (exact) mass is 287 g/mol. The number of hydrogen-bond donors (Lipinski definition) is 1. The molecule has 5 nitrogen and oxygen atoms in total. The molecule has 0 fully saturated rings. The van der Waals surface area contributed by atoms with E-state index in [0.29, 0.717) is 11.7 Å². The highest BCUT2D eigenvalue weighted by Crippen LogP contribution is 2.23. The van der Waals surface area contributed by atoms with Crippen LogP contribution in [0.5, 0.6) is 0 Å². The van der Waals surface area contributed by atoms with Crippen molar-refractivity contribution in [2.24, 2.45) is 5.92 Å². The number of nitrogens with two attached hydrogens (primary N) is 1. The van der Waals surface area contributed by atoms with Crippen molar-refractivity contribution in [2.75, 3.05) is 44.4 Å². The SMILES string of the molecule is CC(C)CN(CCN(C)C)c1nc2ccccc2nc1N. The van der Waals surface area contributed by atoms with E-state index in [9.17, 15) is 0 Å². The molecule has 0 spiro atoms. The summed E-state index contributed by atoms with van der Waals surface area (Å²) in [5.41, 5.74) is 7.87. The molecule has 0 radical (unpaired) electrons. The van der Waals surface area contributed by atoms with Crippen LogP contribution in [0, 0.1) is 5.92 Å². The average Bonchev–Trinajstić information content (AvgIpc) is 2.42. The minimum absolute atomic E-state index is 0.508. The molecule has 1 heterocycles. The second-order valence-electron chi connectivity index (χ2n) is 6.06. The Morgan fingerprint density at radius 2 is 1.67 bits per heavy atom. The number of hydrogen-bond acceptors (Lipinski definition) is 5. The summed E-state index contributed by atoms with van der Waals surface area (Å²) in [6.07, 6.45) is 0. The highest BCUT2D eigenvalue weighted by atomic mass is 15.2. The van der Waals surface area contributed by atoms with Crippen molar-refractivity contribution in [2.45, 2.75) is 13.8 Å². The standard InChI is InChI=1S/C16H25N5/c1-12(2)11-21(10-9-20(3)4)16-15(17)18-13-7-5-6-8-14(13)19-16/h5-8,12H,9-11H2,1-4H3,(H2,17,18). The Labute approximate surface area is 126 Å². The molecule has 0 bridgehead atoms. The molecule has 0 aliphatic rings. The summed E-state index contributed by atoms with van der Waals surface area (Å²) >= 11 is 0. The van der Waals surface area contributed by atoms with E-state index >= 15 is 0 Å². The van der Waals surface area contributed by atoms with E-state index in [0.717, 1.165) is 36.5 Å². The summed E-state index contributed by atoms with van der Waals surface area (Å²) in [6, 6.07) is 7.84. The second kappa shape index (κ2) is 6.72. The van der Waals surface area contributed by atoms with Crippen LogP contribution >= 0.6 is 0 Å². The number of benzene rings is 1. The van der Waals surface area contributed by atoms with Gasteiger partial charge in [0.2, 0.25) is 0 Å². The molecule has 0 unspecified atom stereocenters. The first kappa shape index (κ1) is 15.5. The Hall–Kier alpha value is -1.88. The van der Waals surface area contributed by atoms with Gasteiger partial charge in [-0.25, -0.2) is 9.97 Å². The number of rotatable bonds is 6. The zero-order chi connectivity index (χ0) is 15.4. The van der Waals surface area contributed by atoms with Gasteiger partial charge in [-0.1, -0.05) is 26.0 Å². The topological polar surface area (TPSA) is 58.3 Å².